The predicted molar refractivity (Wildman–Crippen MR) is 54.0 cm³/mol. The van der Waals surface area contributed by atoms with Gasteiger partial charge >= 0.3 is 6.18 Å². The zero-order chi connectivity index (χ0) is 12.2. The van der Waals surface area contributed by atoms with Crippen molar-refractivity contribution in [2.45, 2.75) is 25.6 Å². The second kappa shape index (κ2) is 5.16. The maximum Gasteiger partial charge on any atom is 0.433 e. The van der Waals surface area contributed by atoms with Gasteiger partial charge in [-0.25, -0.2) is 4.98 Å². The molecule has 0 aliphatic rings. The van der Waals surface area contributed by atoms with Gasteiger partial charge in [0.25, 0.3) is 0 Å². The van der Waals surface area contributed by atoms with E-state index in [0.717, 1.165) is 6.07 Å². The first kappa shape index (κ1) is 12.8. The van der Waals surface area contributed by atoms with Gasteiger partial charge in [0, 0.05) is 12.6 Å². The highest BCUT2D eigenvalue weighted by Gasteiger charge is 2.32. The summed E-state index contributed by atoms with van der Waals surface area (Å²) in [6.45, 7) is 1.74. The molecule has 1 aromatic heterocycles. The molecule has 0 aliphatic heterocycles. The van der Waals surface area contributed by atoms with Gasteiger partial charge < -0.3 is 10.4 Å². The molecule has 3 nitrogen and oxygen atoms in total. The number of alkyl halides is 3. The number of rotatable bonds is 4. The highest BCUT2D eigenvalue weighted by molar-refractivity contribution is 5.36. The molecule has 0 saturated carbocycles. The molecule has 1 rings (SSSR count). The van der Waals surface area contributed by atoms with Crippen LogP contribution in [0.1, 0.15) is 19.0 Å². The Hall–Kier alpha value is -1.30. The van der Waals surface area contributed by atoms with E-state index >= 15 is 0 Å². The lowest BCUT2D eigenvalue weighted by Gasteiger charge is -2.14. The van der Waals surface area contributed by atoms with Gasteiger partial charge in [0.1, 0.15) is 11.5 Å². The Balaban J connectivity index is 2.75. The van der Waals surface area contributed by atoms with Gasteiger partial charge in [-0.05, 0) is 25.5 Å². The molecule has 0 amide bonds. The van der Waals surface area contributed by atoms with Gasteiger partial charge in [-0.2, -0.15) is 13.2 Å². The van der Waals surface area contributed by atoms with Gasteiger partial charge in [-0.15, -0.1) is 0 Å². The number of pyridine rings is 1. The number of hydrogen-bond acceptors (Lipinski definition) is 3. The summed E-state index contributed by atoms with van der Waals surface area (Å²) in [6, 6.07) is 3.55. The molecule has 16 heavy (non-hydrogen) atoms. The fourth-order valence-electron chi connectivity index (χ4n) is 1.19. The molecule has 1 aromatic rings. The number of halogens is 3. The highest BCUT2D eigenvalue weighted by Crippen LogP contribution is 2.28. The van der Waals surface area contributed by atoms with Crippen molar-refractivity contribution >= 4 is 5.82 Å². The van der Waals surface area contributed by atoms with Crippen LogP contribution in [-0.2, 0) is 6.18 Å². The Morgan fingerprint density at radius 3 is 2.69 bits per heavy atom. The molecule has 1 heterocycles. The van der Waals surface area contributed by atoms with E-state index in [0.29, 0.717) is 6.42 Å². The van der Waals surface area contributed by atoms with E-state index in [4.69, 9.17) is 5.11 Å². The minimum atomic E-state index is -4.43. The summed E-state index contributed by atoms with van der Waals surface area (Å²) >= 11 is 0. The molecule has 0 bridgehead atoms. The molecule has 0 fully saturated rings. The summed E-state index contributed by atoms with van der Waals surface area (Å²) in [5.74, 6) is 0.163. The minimum Gasteiger partial charge on any atom is -0.396 e. The summed E-state index contributed by atoms with van der Waals surface area (Å²) < 4.78 is 37.0. The minimum absolute atomic E-state index is 0.0207. The molecule has 1 atom stereocenters. The van der Waals surface area contributed by atoms with Crippen LogP contribution in [0, 0.1) is 0 Å². The zero-order valence-corrected chi connectivity index (χ0v) is 8.75. The van der Waals surface area contributed by atoms with Crippen LogP contribution in [0.2, 0.25) is 0 Å². The number of aliphatic hydroxyl groups excluding tert-OH is 1. The van der Waals surface area contributed by atoms with E-state index in [1.165, 1.54) is 12.1 Å². The van der Waals surface area contributed by atoms with Crippen LogP contribution in [0.3, 0.4) is 0 Å². The SMILES string of the molecule is C[C@H](CCO)Nc1cccc(C(F)(F)F)n1. The van der Waals surface area contributed by atoms with Gasteiger partial charge in [0.05, 0.1) is 0 Å². The topological polar surface area (TPSA) is 45.1 Å². The van der Waals surface area contributed by atoms with Crippen molar-refractivity contribution in [3.8, 4) is 0 Å². The average molecular weight is 234 g/mol. The lowest BCUT2D eigenvalue weighted by Crippen LogP contribution is -2.18. The Bertz CT molecular complexity index is 341. The van der Waals surface area contributed by atoms with Crippen LogP contribution >= 0.6 is 0 Å². The quantitative estimate of drug-likeness (QED) is 0.840. The highest BCUT2D eigenvalue weighted by atomic mass is 19.4. The van der Waals surface area contributed by atoms with Crippen LogP contribution in [0.4, 0.5) is 19.0 Å². The van der Waals surface area contributed by atoms with Crippen molar-refractivity contribution < 1.29 is 18.3 Å². The summed E-state index contributed by atoms with van der Waals surface area (Å²) in [7, 11) is 0. The van der Waals surface area contributed by atoms with Crippen molar-refractivity contribution in [2.75, 3.05) is 11.9 Å². The van der Waals surface area contributed by atoms with E-state index < -0.39 is 11.9 Å². The van der Waals surface area contributed by atoms with E-state index in [9.17, 15) is 13.2 Å². The van der Waals surface area contributed by atoms with E-state index in [1.807, 2.05) is 0 Å². The molecule has 0 saturated heterocycles. The number of hydrogen-bond donors (Lipinski definition) is 2. The molecule has 0 aromatic carbocycles. The van der Waals surface area contributed by atoms with Crippen molar-refractivity contribution in [3.63, 3.8) is 0 Å². The smallest absolute Gasteiger partial charge is 0.396 e. The third-order valence-corrected chi connectivity index (χ3v) is 2.00. The molecule has 0 unspecified atom stereocenters. The molecule has 0 radical (unpaired) electrons. The normalized spacial score (nSPS) is 13.6. The third kappa shape index (κ3) is 3.69. The van der Waals surface area contributed by atoms with Crippen LogP contribution < -0.4 is 5.32 Å². The molecule has 6 heteroatoms. The van der Waals surface area contributed by atoms with Crippen LogP contribution in [-0.4, -0.2) is 22.7 Å². The van der Waals surface area contributed by atoms with Crippen molar-refractivity contribution in [2.24, 2.45) is 0 Å². The first-order valence-corrected chi connectivity index (χ1v) is 4.85. The van der Waals surface area contributed by atoms with Crippen molar-refractivity contribution in [1.82, 2.24) is 4.98 Å². The maximum absolute atomic E-state index is 12.3. The standard InChI is InChI=1S/C10H13F3N2O/c1-7(5-6-16)14-9-4-2-3-8(15-9)10(11,12)13/h2-4,7,16H,5-6H2,1H3,(H,14,15)/t7-/m1/s1. The van der Waals surface area contributed by atoms with Gasteiger partial charge in [-0.1, -0.05) is 6.07 Å². The average Bonchev–Trinajstić information content (AvgIpc) is 2.17. The number of aromatic nitrogens is 1. The van der Waals surface area contributed by atoms with Crippen molar-refractivity contribution in [1.29, 1.82) is 0 Å². The monoisotopic (exact) mass is 234 g/mol. The fraction of sp³-hybridized carbons (Fsp3) is 0.500. The molecule has 2 N–H and O–H groups in total. The summed E-state index contributed by atoms with van der Waals surface area (Å²) in [4.78, 5) is 3.45. The van der Waals surface area contributed by atoms with E-state index in [2.05, 4.69) is 10.3 Å². The van der Waals surface area contributed by atoms with Crippen molar-refractivity contribution in [3.05, 3.63) is 23.9 Å². The first-order chi connectivity index (χ1) is 7.43. The molecular weight excluding hydrogens is 221 g/mol. The van der Waals surface area contributed by atoms with Gasteiger partial charge in [-0.3, -0.25) is 0 Å². The zero-order valence-electron chi connectivity index (χ0n) is 8.75. The van der Waals surface area contributed by atoms with Crippen LogP contribution in [0.5, 0.6) is 0 Å². The number of nitrogens with one attached hydrogen (secondary N) is 1. The number of nitrogens with zero attached hydrogens (tertiary/aromatic N) is 1. The Kier molecular flexibility index (Phi) is 4.12. The Labute approximate surface area is 91.3 Å². The first-order valence-electron chi connectivity index (χ1n) is 4.85. The largest absolute Gasteiger partial charge is 0.433 e. The Morgan fingerprint density at radius 1 is 1.44 bits per heavy atom. The van der Waals surface area contributed by atoms with Gasteiger partial charge in [0.15, 0.2) is 0 Å². The molecule has 0 spiro atoms. The molecular formula is C10H13F3N2O. The van der Waals surface area contributed by atoms with E-state index in [-0.39, 0.29) is 18.5 Å². The summed E-state index contributed by atoms with van der Waals surface area (Å²) in [6.07, 6.45) is -3.98. The summed E-state index contributed by atoms with van der Waals surface area (Å²) in [5.41, 5.74) is -0.923. The third-order valence-electron chi connectivity index (χ3n) is 2.00. The molecule has 90 valence electrons. The van der Waals surface area contributed by atoms with Crippen LogP contribution in [0.15, 0.2) is 18.2 Å². The number of anilines is 1. The van der Waals surface area contributed by atoms with Gasteiger partial charge in [0.2, 0.25) is 0 Å². The fourth-order valence-corrected chi connectivity index (χ4v) is 1.19. The van der Waals surface area contributed by atoms with Crippen LogP contribution in [0.25, 0.3) is 0 Å². The Morgan fingerprint density at radius 2 is 2.12 bits per heavy atom. The predicted octanol–water partition coefficient (Wildman–Crippen LogP) is 2.28. The maximum atomic E-state index is 12.3. The molecule has 0 aliphatic carbocycles. The second-order valence-electron chi connectivity index (χ2n) is 3.46. The number of aliphatic hydroxyl groups is 1. The summed E-state index contributed by atoms with van der Waals surface area (Å²) in [5, 5.41) is 11.4. The lowest BCUT2D eigenvalue weighted by atomic mass is 10.2. The lowest BCUT2D eigenvalue weighted by molar-refractivity contribution is -0.141. The van der Waals surface area contributed by atoms with E-state index in [1.54, 1.807) is 6.92 Å². The second-order valence-corrected chi connectivity index (χ2v) is 3.46.